The van der Waals surface area contributed by atoms with Crippen LogP contribution in [0.5, 0.6) is 0 Å². The normalized spacial score (nSPS) is 11.6. The number of rotatable bonds is 4. The number of hydrogen-bond donors (Lipinski definition) is 3. The predicted molar refractivity (Wildman–Crippen MR) is 46.3 cm³/mol. The quantitative estimate of drug-likeness (QED) is 0.544. The van der Waals surface area contributed by atoms with Crippen molar-refractivity contribution in [1.29, 1.82) is 0 Å². The molecule has 0 radical (unpaired) electrons. The zero-order chi connectivity index (χ0) is 8.81. The van der Waals surface area contributed by atoms with Crippen molar-refractivity contribution >= 4 is 6.21 Å². The Morgan fingerprint density at radius 2 is 2.25 bits per heavy atom. The van der Waals surface area contributed by atoms with Crippen LogP contribution >= 0.6 is 0 Å². The van der Waals surface area contributed by atoms with Crippen molar-refractivity contribution in [2.75, 3.05) is 13.2 Å². The molecule has 0 aliphatic heterocycles. The summed E-state index contributed by atoms with van der Waals surface area (Å²) in [5.74, 6) is 0. The molecule has 66 valence electrons. The van der Waals surface area contributed by atoms with E-state index in [4.69, 9.17) is 10.2 Å². The van der Waals surface area contributed by atoms with Crippen LogP contribution in [0, 0.1) is 0 Å². The third-order valence-corrected chi connectivity index (χ3v) is 1.47. The second-order valence-electron chi connectivity index (χ2n) is 2.42. The molecule has 12 heavy (non-hydrogen) atoms. The van der Waals surface area contributed by atoms with Crippen molar-refractivity contribution in [3.05, 3.63) is 24.0 Å². The number of aliphatic hydroxyl groups is 2. The maximum absolute atomic E-state index is 8.67. The SMILES string of the molecule is OCC(CO)/N=C/c1ccc[nH]1. The molecule has 0 bridgehead atoms. The Hall–Kier alpha value is -1.13. The minimum Gasteiger partial charge on any atom is -0.394 e. The van der Waals surface area contributed by atoms with E-state index in [1.807, 2.05) is 12.1 Å². The van der Waals surface area contributed by atoms with E-state index >= 15 is 0 Å². The van der Waals surface area contributed by atoms with Gasteiger partial charge < -0.3 is 15.2 Å². The van der Waals surface area contributed by atoms with Crippen LogP contribution in [0.4, 0.5) is 0 Å². The molecular formula is C8H12N2O2. The number of aliphatic imine (C=N–C) groups is 1. The highest BCUT2D eigenvalue weighted by Gasteiger charge is 1.99. The van der Waals surface area contributed by atoms with Crippen LogP contribution in [-0.2, 0) is 0 Å². The molecule has 1 aromatic rings. The summed E-state index contributed by atoms with van der Waals surface area (Å²) in [5, 5.41) is 17.3. The van der Waals surface area contributed by atoms with Crippen LogP contribution in [0.25, 0.3) is 0 Å². The monoisotopic (exact) mass is 168 g/mol. The summed E-state index contributed by atoms with van der Waals surface area (Å²) in [4.78, 5) is 6.88. The summed E-state index contributed by atoms with van der Waals surface area (Å²) < 4.78 is 0. The van der Waals surface area contributed by atoms with Gasteiger partial charge in [0.25, 0.3) is 0 Å². The second kappa shape index (κ2) is 4.69. The summed E-state index contributed by atoms with van der Waals surface area (Å²) >= 11 is 0. The van der Waals surface area contributed by atoms with Gasteiger partial charge in [0.05, 0.1) is 24.9 Å². The molecule has 0 saturated heterocycles. The first-order valence-electron chi connectivity index (χ1n) is 3.75. The van der Waals surface area contributed by atoms with Gasteiger partial charge in [-0.3, -0.25) is 4.99 Å². The zero-order valence-corrected chi connectivity index (χ0v) is 6.64. The van der Waals surface area contributed by atoms with Gasteiger partial charge in [0.2, 0.25) is 0 Å². The first-order chi connectivity index (χ1) is 5.86. The number of H-pyrrole nitrogens is 1. The van der Waals surface area contributed by atoms with Gasteiger partial charge in [-0.15, -0.1) is 0 Å². The van der Waals surface area contributed by atoms with Crippen LogP contribution in [-0.4, -0.2) is 40.7 Å². The molecule has 1 rings (SSSR count). The smallest absolute Gasteiger partial charge is 0.0961 e. The average molecular weight is 168 g/mol. The van der Waals surface area contributed by atoms with Crippen molar-refractivity contribution < 1.29 is 10.2 Å². The molecule has 1 heterocycles. The van der Waals surface area contributed by atoms with E-state index in [0.717, 1.165) is 5.69 Å². The fourth-order valence-corrected chi connectivity index (χ4v) is 0.762. The fraction of sp³-hybridized carbons (Fsp3) is 0.375. The molecule has 0 aliphatic carbocycles. The molecule has 3 N–H and O–H groups in total. The first kappa shape index (κ1) is 8.96. The van der Waals surface area contributed by atoms with Gasteiger partial charge in [0.15, 0.2) is 0 Å². The topological polar surface area (TPSA) is 68.6 Å². The number of nitrogens with zero attached hydrogens (tertiary/aromatic N) is 1. The highest BCUT2D eigenvalue weighted by molar-refractivity contribution is 5.77. The van der Waals surface area contributed by atoms with Crippen molar-refractivity contribution in [1.82, 2.24) is 4.98 Å². The standard InChI is InChI=1S/C8H12N2O2/c11-5-8(6-12)10-4-7-2-1-3-9-7/h1-4,8-9,11-12H,5-6H2/b10-4+. The lowest BCUT2D eigenvalue weighted by Gasteiger charge is -2.02. The van der Waals surface area contributed by atoms with E-state index < -0.39 is 6.04 Å². The molecule has 0 aromatic carbocycles. The summed E-state index contributed by atoms with van der Waals surface area (Å²) in [7, 11) is 0. The van der Waals surface area contributed by atoms with E-state index in [9.17, 15) is 0 Å². The maximum atomic E-state index is 8.67. The Kier molecular flexibility index (Phi) is 3.50. The Morgan fingerprint density at radius 3 is 2.75 bits per heavy atom. The van der Waals surface area contributed by atoms with Crippen LogP contribution in [0.1, 0.15) is 5.69 Å². The summed E-state index contributed by atoms with van der Waals surface area (Å²) in [6.07, 6.45) is 3.38. The van der Waals surface area contributed by atoms with Gasteiger partial charge in [0, 0.05) is 12.4 Å². The number of aliphatic hydroxyl groups excluding tert-OH is 2. The van der Waals surface area contributed by atoms with Crippen molar-refractivity contribution in [2.45, 2.75) is 6.04 Å². The highest BCUT2D eigenvalue weighted by atomic mass is 16.3. The van der Waals surface area contributed by atoms with E-state index in [1.54, 1.807) is 12.4 Å². The van der Waals surface area contributed by atoms with E-state index in [1.165, 1.54) is 0 Å². The lowest BCUT2D eigenvalue weighted by atomic mass is 10.3. The van der Waals surface area contributed by atoms with E-state index in [0.29, 0.717) is 0 Å². The van der Waals surface area contributed by atoms with Gasteiger partial charge in [-0.05, 0) is 12.1 Å². The lowest BCUT2D eigenvalue weighted by Crippen LogP contribution is -2.15. The Morgan fingerprint density at radius 1 is 1.50 bits per heavy atom. The molecule has 0 fully saturated rings. The number of aromatic amines is 1. The molecule has 0 spiro atoms. The number of aromatic nitrogens is 1. The van der Waals surface area contributed by atoms with E-state index in [2.05, 4.69) is 9.98 Å². The van der Waals surface area contributed by atoms with E-state index in [-0.39, 0.29) is 13.2 Å². The van der Waals surface area contributed by atoms with Crippen molar-refractivity contribution in [3.8, 4) is 0 Å². The zero-order valence-electron chi connectivity index (χ0n) is 6.64. The van der Waals surface area contributed by atoms with Gasteiger partial charge in [-0.2, -0.15) is 0 Å². The molecule has 4 nitrogen and oxygen atoms in total. The largest absolute Gasteiger partial charge is 0.394 e. The Bertz CT molecular complexity index is 227. The fourth-order valence-electron chi connectivity index (χ4n) is 0.762. The molecule has 0 aliphatic rings. The number of hydrogen-bond acceptors (Lipinski definition) is 3. The third kappa shape index (κ3) is 2.48. The van der Waals surface area contributed by atoms with Crippen LogP contribution in [0.15, 0.2) is 23.3 Å². The van der Waals surface area contributed by atoms with Crippen LogP contribution in [0.2, 0.25) is 0 Å². The summed E-state index contributed by atoms with van der Waals surface area (Å²) in [5.41, 5.74) is 0.863. The van der Waals surface area contributed by atoms with Gasteiger partial charge >= 0.3 is 0 Å². The minimum absolute atomic E-state index is 0.131. The predicted octanol–water partition coefficient (Wildman–Crippen LogP) is -0.213. The molecule has 1 aromatic heterocycles. The minimum atomic E-state index is -0.409. The maximum Gasteiger partial charge on any atom is 0.0961 e. The third-order valence-electron chi connectivity index (χ3n) is 1.47. The summed E-state index contributed by atoms with van der Waals surface area (Å²) in [6, 6.07) is 3.30. The second-order valence-corrected chi connectivity index (χ2v) is 2.42. The highest BCUT2D eigenvalue weighted by Crippen LogP contribution is 1.92. The van der Waals surface area contributed by atoms with Gasteiger partial charge in [-0.25, -0.2) is 0 Å². The van der Waals surface area contributed by atoms with Crippen molar-refractivity contribution in [2.24, 2.45) is 4.99 Å². The Balaban J connectivity index is 2.49. The molecule has 0 unspecified atom stereocenters. The molecule has 4 heteroatoms. The lowest BCUT2D eigenvalue weighted by molar-refractivity contribution is 0.195. The first-order valence-corrected chi connectivity index (χ1v) is 3.75. The van der Waals surface area contributed by atoms with Crippen LogP contribution < -0.4 is 0 Å². The molecular weight excluding hydrogens is 156 g/mol. The molecule has 0 saturated carbocycles. The van der Waals surface area contributed by atoms with Gasteiger partial charge in [0.1, 0.15) is 0 Å². The van der Waals surface area contributed by atoms with Crippen LogP contribution in [0.3, 0.4) is 0 Å². The summed E-state index contributed by atoms with van der Waals surface area (Å²) in [6.45, 7) is -0.262. The molecule has 0 atom stereocenters. The number of nitrogens with one attached hydrogen (secondary N) is 1. The van der Waals surface area contributed by atoms with Crippen molar-refractivity contribution in [3.63, 3.8) is 0 Å². The average Bonchev–Trinajstić information content (AvgIpc) is 2.59. The molecule has 0 amide bonds. The van der Waals surface area contributed by atoms with Gasteiger partial charge in [-0.1, -0.05) is 0 Å². The Labute approximate surface area is 70.6 Å².